The van der Waals surface area contributed by atoms with Gasteiger partial charge in [0.25, 0.3) is 0 Å². The number of nitrogens with one attached hydrogen (secondary N) is 1. The monoisotopic (exact) mass is 211 g/mol. The predicted molar refractivity (Wildman–Crippen MR) is 51.1 cm³/mol. The first-order chi connectivity index (χ1) is 7.04. The SMILES string of the molecule is COC(=O)Nc1ccc(O)c(C(=O)O)c1. The van der Waals surface area contributed by atoms with Crippen LogP contribution in [0.25, 0.3) is 0 Å². The van der Waals surface area contributed by atoms with E-state index in [9.17, 15) is 14.7 Å². The highest BCUT2D eigenvalue weighted by Gasteiger charge is 2.11. The van der Waals surface area contributed by atoms with Crippen molar-refractivity contribution in [3.63, 3.8) is 0 Å². The maximum atomic E-state index is 10.8. The molecule has 0 atom stereocenters. The molecule has 1 amide bonds. The van der Waals surface area contributed by atoms with E-state index >= 15 is 0 Å². The standard InChI is InChI=1S/C9H9NO5/c1-15-9(14)10-5-2-3-7(11)6(4-5)8(12)13/h2-4,11H,1H3,(H,10,14)(H,12,13). The number of ether oxygens (including phenoxy) is 1. The summed E-state index contributed by atoms with van der Waals surface area (Å²) in [7, 11) is 1.19. The van der Waals surface area contributed by atoms with Crippen molar-refractivity contribution in [3.05, 3.63) is 23.8 Å². The molecule has 0 saturated carbocycles. The fraction of sp³-hybridized carbons (Fsp3) is 0.111. The Morgan fingerprint density at radius 3 is 2.60 bits per heavy atom. The number of rotatable bonds is 2. The van der Waals surface area contributed by atoms with Crippen LogP contribution in [0.2, 0.25) is 0 Å². The molecule has 0 aliphatic heterocycles. The molecule has 0 saturated heterocycles. The highest BCUT2D eigenvalue weighted by Crippen LogP contribution is 2.21. The molecule has 0 radical (unpaired) electrons. The van der Waals surface area contributed by atoms with Crippen LogP contribution in [-0.2, 0) is 4.74 Å². The summed E-state index contributed by atoms with van der Waals surface area (Å²) in [5, 5.41) is 20.1. The van der Waals surface area contributed by atoms with Crippen LogP contribution in [0.4, 0.5) is 10.5 Å². The third kappa shape index (κ3) is 2.60. The number of carboxylic acids is 1. The van der Waals surface area contributed by atoms with Crippen LogP contribution in [0.1, 0.15) is 10.4 Å². The Balaban J connectivity index is 2.97. The Labute approximate surface area is 85.1 Å². The molecule has 3 N–H and O–H groups in total. The van der Waals surface area contributed by atoms with Crippen molar-refractivity contribution >= 4 is 17.7 Å². The maximum absolute atomic E-state index is 10.8. The van der Waals surface area contributed by atoms with Crippen LogP contribution < -0.4 is 5.32 Å². The van der Waals surface area contributed by atoms with Gasteiger partial charge in [-0.05, 0) is 18.2 Å². The Kier molecular flexibility index (Phi) is 3.12. The second-order valence-corrected chi connectivity index (χ2v) is 2.65. The topological polar surface area (TPSA) is 95.9 Å². The molecular weight excluding hydrogens is 202 g/mol. The Hall–Kier alpha value is -2.24. The van der Waals surface area contributed by atoms with Crippen molar-refractivity contribution in [2.75, 3.05) is 12.4 Å². The number of hydrogen-bond acceptors (Lipinski definition) is 4. The zero-order chi connectivity index (χ0) is 11.4. The average molecular weight is 211 g/mol. The number of hydrogen-bond donors (Lipinski definition) is 3. The minimum absolute atomic E-state index is 0.233. The molecule has 1 aromatic carbocycles. The molecule has 1 aromatic rings. The van der Waals surface area contributed by atoms with E-state index in [0.717, 1.165) is 6.07 Å². The minimum Gasteiger partial charge on any atom is -0.507 e. The second kappa shape index (κ2) is 4.32. The zero-order valence-electron chi connectivity index (χ0n) is 7.85. The number of carboxylic acid groups (broad SMARTS) is 1. The summed E-state index contributed by atoms with van der Waals surface area (Å²) in [6.07, 6.45) is -0.711. The number of amides is 1. The van der Waals surface area contributed by atoms with E-state index < -0.39 is 12.1 Å². The number of phenols is 1. The van der Waals surface area contributed by atoms with Crippen molar-refractivity contribution in [3.8, 4) is 5.75 Å². The molecule has 0 aliphatic rings. The molecule has 0 bridgehead atoms. The Morgan fingerprint density at radius 1 is 1.40 bits per heavy atom. The smallest absolute Gasteiger partial charge is 0.411 e. The zero-order valence-corrected chi connectivity index (χ0v) is 7.85. The molecule has 6 heteroatoms. The molecule has 1 rings (SSSR count). The lowest BCUT2D eigenvalue weighted by Crippen LogP contribution is -2.11. The Bertz CT molecular complexity index is 401. The van der Waals surface area contributed by atoms with Gasteiger partial charge in [0.15, 0.2) is 0 Å². The van der Waals surface area contributed by atoms with Crippen molar-refractivity contribution in [2.24, 2.45) is 0 Å². The van der Waals surface area contributed by atoms with Gasteiger partial charge in [0.2, 0.25) is 0 Å². The first-order valence-electron chi connectivity index (χ1n) is 3.96. The third-order valence-corrected chi connectivity index (χ3v) is 1.66. The largest absolute Gasteiger partial charge is 0.507 e. The van der Waals surface area contributed by atoms with Crippen LogP contribution in [0.15, 0.2) is 18.2 Å². The van der Waals surface area contributed by atoms with Crippen molar-refractivity contribution < 1.29 is 24.5 Å². The van der Waals surface area contributed by atoms with E-state index in [1.165, 1.54) is 19.2 Å². The third-order valence-electron chi connectivity index (χ3n) is 1.66. The summed E-state index contributed by atoms with van der Waals surface area (Å²) in [5.74, 6) is -1.64. The van der Waals surface area contributed by atoms with Gasteiger partial charge in [-0.3, -0.25) is 5.32 Å². The van der Waals surface area contributed by atoms with Gasteiger partial charge in [-0.2, -0.15) is 0 Å². The van der Waals surface area contributed by atoms with Gasteiger partial charge >= 0.3 is 12.1 Å². The molecule has 80 valence electrons. The first kappa shape index (κ1) is 10.8. The van der Waals surface area contributed by atoms with E-state index in [1.54, 1.807) is 0 Å². The number of carbonyl (C=O) groups is 2. The van der Waals surface area contributed by atoms with E-state index in [1.807, 2.05) is 0 Å². The lowest BCUT2D eigenvalue weighted by molar-refractivity contribution is 0.0693. The van der Waals surface area contributed by atoms with Gasteiger partial charge in [-0.15, -0.1) is 0 Å². The predicted octanol–water partition coefficient (Wildman–Crippen LogP) is 1.27. The van der Waals surface area contributed by atoms with E-state index in [-0.39, 0.29) is 17.0 Å². The first-order valence-corrected chi connectivity index (χ1v) is 3.96. The van der Waals surface area contributed by atoms with Gasteiger partial charge in [-0.1, -0.05) is 0 Å². The molecule has 0 heterocycles. The molecule has 0 aromatic heterocycles. The fourth-order valence-electron chi connectivity index (χ4n) is 0.954. The Morgan fingerprint density at radius 2 is 2.07 bits per heavy atom. The number of anilines is 1. The maximum Gasteiger partial charge on any atom is 0.411 e. The highest BCUT2D eigenvalue weighted by atomic mass is 16.5. The van der Waals surface area contributed by atoms with E-state index in [2.05, 4.69) is 10.1 Å². The molecule has 0 fully saturated rings. The normalized spacial score (nSPS) is 9.40. The average Bonchev–Trinajstić information content (AvgIpc) is 2.20. The molecule has 0 aliphatic carbocycles. The van der Waals surface area contributed by atoms with Gasteiger partial charge in [0.05, 0.1) is 7.11 Å². The number of aromatic carboxylic acids is 1. The van der Waals surface area contributed by atoms with Crippen molar-refractivity contribution in [1.29, 1.82) is 0 Å². The number of benzene rings is 1. The second-order valence-electron chi connectivity index (χ2n) is 2.65. The molecule has 6 nitrogen and oxygen atoms in total. The van der Waals surface area contributed by atoms with E-state index in [0.29, 0.717) is 0 Å². The van der Waals surface area contributed by atoms with Gasteiger partial charge in [-0.25, -0.2) is 9.59 Å². The quantitative estimate of drug-likeness (QED) is 0.640. The number of carbonyl (C=O) groups excluding carboxylic acids is 1. The molecule has 0 spiro atoms. The van der Waals surface area contributed by atoms with Crippen LogP contribution in [0.3, 0.4) is 0 Å². The highest BCUT2D eigenvalue weighted by molar-refractivity contribution is 5.93. The van der Waals surface area contributed by atoms with E-state index in [4.69, 9.17) is 5.11 Å². The molecule has 0 unspecified atom stereocenters. The van der Waals surface area contributed by atoms with Crippen LogP contribution >= 0.6 is 0 Å². The number of methoxy groups -OCH3 is 1. The van der Waals surface area contributed by atoms with Crippen LogP contribution in [0.5, 0.6) is 5.75 Å². The van der Waals surface area contributed by atoms with Crippen molar-refractivity contribution in [1.82, 2.24) is 0 Å². The van der Waals surface area contributed by atoms with Gasteiger partial charge < -0.3 is 14.9 Å². The summed E-state index contributed by atoms with van der Waals surface area (Å²) < 4.78 is 4.32. The summed E-state index contributed by atoms with van der Waals surface area (Å²) in [6.45, 7) is 0. The summed E-state index contributed by atoms with van der Waals surface area (Å²) in [6, 6.07) is 3.67. The van der Waals surface area contributed by atoms with Crippen LogP contribution in [0, 0.1) is 0 Å². The van der Waals surface area contributed by atoms with Gasteiger partial charge in [0, 0.05) is 5.69 Å². The number of aromatic hydroxyl groups is 1. The lowest BCUT2D eigenvalue weighted by atomic mass is 10.2. The summed E-state index contributed by atoms with van der Waals surface area (Å²) >= 11 is 0. The summed E-state index contributed by atoms with van der Waals surface area (Å²) in [5.41, 5.74) is -0.0547. The fourth-order valence-corrected chi connectivity index (χ4v) is 0.954. The van der Waals surface area contributed by atoms with Crippen LogP contribution in [-0.4, -0.2) is 29.4 Å². The van der Waals surface area contributed by atoms with Gasteiger partial charge in [0.1, 0.15) is 11.3 Å². The minimum atomic E-state index is -1.28. The van der Waals surface area contributed by atoms with Crippen molar-refractivity contribution in [2.45, 2.75) is 0 Å². The molecular formula is C9H9NO5. The lowest BCUT2D eigenvalue weighted by Gasteiger charge is -2.05. The summed E-state index contributed by atoms with van der Waals surface area (Å²) in [4.78, 5) is 21.4. The molecule has 15 heavy (non-hydrogen) atoms.